The zero-order valence-corrected chi connectivity index (χ0v) is 7.74. The molecular formula is C9H11N3O. The predicted molar refractivity (Wildman–Crippen MR) is 47.3 cm³/mol. The fourth-order valence-corrected chi connectivity index (χ4v) is 0.856. The van der Waals surface area contributed by atoms with Crippen LogP contribution in [0.15, 0.2) is 6.07 Å². The van der Waals surface area contributed by atoms with Crippen LogP contribution in [0.3, 0.4) is 0 Å². The molecule has 0 amide bonds. The Morgan fingerprint density at radius 1 is 1.54 bits per heavy atom. The summed E-state index contributed by atoms with van der Waals surface area (Å²) >= 11 is 0. The van der Waals surface area contributed by atoms with E-state index < -0.39 is 0 Å². The molecule has 0 radical (unpaired) electrons. The van der Waals surface area contributed by atoms with Gasteiger partial charge < -0.3 is 4.74 Å². The fourth-order valence-electron chi connectivity index (χ4n) is 0.856. The minimum atomic E-state index is 0.290. The highest BCUT2D eigenvalue weighted by atomic mass is 16.5. The second-order valence-corrected chi connectivity index (χ2v) is 2.64. The minimum Gasteiger partial charge on any atom is -0.463 e. The molecule has 0 bridgehead atoms. The molecule has 1 heterocycles. The number of aryl methyl sites for hydroxylation is 1. The van der Waals surface area contributed by atoms with E-state index in [0.29, 0.717) is 18.3 Å². The van der Waals surface area contributed by atoms with Gasteiger partial charge in [-0.2, -0.15) is 10.2 Å². The van der Waals surface area contributed by atoms with E-state index in [9.17, 15) is 0 Å². The molecule has 0 N–H and O–H groups in total. The van der Waals surface area contributed by atoms with Crippen molar-refractivity contribution in [2.75, 3.05) is 6.61 Å². The highest BCUT2D eigenvalue weighted by Gasteiger charge is 2.01. The van der Waals surface area contributed by atoms with Gasteiger partial charge in [-0.05, 0) is 19.4 Å². The normalized spacial score (nSPS) is 9.31. The molecule has 1 rings (SSSR count). The third kappa shape index (κ3) is 2.71. The summed E-state index contributed by atoms with van der Waals surface area (Å²) in [5, 5.41) is 8.62. The van der Waals surface area contributed by atoms with Crippen molar-refractivity contribution < 1.29 is 4.74 Å². The molecule has 0 unspecified atom stereocenters. The first-order chi connectivity index (χ1) is 6.26. The van der Waals surface area contributed by atoms with Crippen molar-refractivity contribution in [3.63, 3.8) is 0 Å². The Hall–Kier alpha value is -1.63. The van der Waals surface area contributed by atoms with E-state index in [0.717, 1.165) is 12.1 Å². The van der Waals surface area contributed by atoms with Crippen molar-refractivity contribution in [2.45, 2.75) is 20.3 Å². The van der Waals surface area contributed by atoms with E-state index in [4.69, 9.17) is 10.00 Å². The van der Waals surface area contributed by atoms with Crippen LogP contribution >= 0.6 is 0 Å². The van der Waals surface area contributed by atoms with Crippen LogP contribution in [0.5, 0.6) is 6.01 Å². The van der Waals surface area contributed by atoms with E-state index in [1.807, 2.05) is 13.0 Å². The SMILES string of the molecule is CCCOc1nc(C)cc(C#N)n1. The van der Waals surface area contributed by atoms with E-state index >= 15 is 0 Å². The van der Waals surface area contributed by atoms with Gasteiger partial charge in [-0.15, -0.1) is 0 Å². The van der Waals surface area contributed by atoms with Crippen molar-refractivity contribution in [3.05, 3.63) is 17.5 Å². The first-order valence-corrected chi connectivity index (χ1v) is 4.15. The monoisotopic (exact) mass is 177 g/mol. The molecule has 13 heavy (non-hydrogen) atoms. The molecule has 1 aromatic rings. The topological polar surface area (TPSA) is 58.8 Å². The average Bonchev–Trinajstić information content (AvgIpc) is 2.14. The van der Waals surface area contributed by atoms with Crippen LogP contribution in [0.2, 0.25) is 0 Å². The van der Waals surface area contributed by atoms with Gasteiger partial charge in [0.2, 0.25) is 0 Å². The van der Waals surface area contributed by atoms with Gasteiger partial charge in [0.15, 0.2) is 0 Å². The molecule has 68 valence electrons. The van der Waals surface area contributed by atoms with Crippen LogP contribution in [0.1, 0.15) is 24.7 Å². The third-order valence-electron chi connectivity index (χ3n) is 1.38. The van der Waals surface area contributed by atoms with Gasteiger partial charge in [-0.25, -0.2) is 4.98 Å². The van der Waals surface area contributed by atoms with Crippen LogP contribution < -0.4 is 4.74 Å². The van der Waals surface area contributed by atoms with E-state index in [-0.39, 0.29) is 0 Å². The summed E-state index contributed by atoms with van der Waals surface area (Å²) in [5.41, 5.74) is 1.09. The molecule has 0 fully saturated rings. The zero-order valence-electron chi connectivity index (χ0n) is 7.74. The number of nitriles is 1. The lowest BCUT2D eigenvalue weighted by Gasteiger charge is -2.02. The van der Waals surface area contributed by atoms with Crippen molar-refractivity contribution in [1.82, 2.24) is 9.97 Å². The molecule has 0 aliphatic heterocycles. The van der Waals surface area contributed by atoms with Crippen molar-refractivity contribution >= 4 is 0 Å². The van der Waals surface area contributed by atoms with Gasteiger partial charge in [-0.1, -0.05) is 6.92 Å². The molecule has 0 aromatic carbocycles. The molecule has 0 saturated heterocycles. The van der Waals surface area contributed by atoms with Gasteiger partial charge in [0.1, 0.15) is 11.8 Å². The van der Waals surface area contributed by atoms with Crippen molar-refractivity contribution in [3.8, 4) is 12.1 Å². The van der Waals surface area contributed by atoms with Crippen LogP contribution in [-0.4, -0.2) is 16.6 Å². The first-order valence-electron chi connectivity index (χ1n) is 4.15. The van der Waals surface area contributed by atoms with Crippen molar-refractivity contribution in [2.24, 2.45) is 0 Å². The Balaban J connectivity index is 2.83. The smallest absolute Gasteiger partial charge is 0.317 e. The van der Waals surface area contributed by atoms with Gasteiger partial charge >= 0.3 is 6.01 Å². The Kier molecular flexibility index (Phi) is 3.21. The summed E-state index contributed by atoms with van der Waals surface area (Å²) in [6.07, 6.45) is 0.902. The predicted octanol–water partition coefficient (Wildman–Crippen LogP) is 1.45. The van der Waals surface area contributed by atoms with Crippen molar-refractivity contribution in [1.29, 1.82) is 5.26 Å². The lowest BCUT2D eigenvalue weighted by molar-refractivity contribution is 0.291. The summed E-state index contributed by atoms with van der Waals surface area (Å²) in [7, 11) is 0. The van der Waals surface area contributed by atoms with E-state index in [1.165, 1.54) is 0 Å². The van der Waals surface area contributed by atoms with Gasteiger partial charge in [0.05, 0.1) is 6.61 Å². The highest BCUT2D eigenvalue weighted by Crippen LogP contribution is 2.06. The largest absolute Gasteiger partial charge is 0.463 e. The molecule has 0 saturated carbocycles. The highest BCUT2D eigenvalue weighted by molar-refractivity contribution is 5.23. The number of aromatic nitrogens is 2. The lowest BCUT2D eigenvalue weighted by Crippen LogP contribution is -2.01. The first kappa shape index (κ1) is 9.46. The summed E-state index contributed by atoms with van der Waals surface area (Å²) < 4.78 is 5.21. The fraction of sp³-hybridized carbons (Fsp3) is 0.444. The number of ether oxygens (including phenoxy) is 1. The second-order valence-electron chi connectivity index (χ2n) is 2.64. The van der Waals surface area contributed by atoms with Gasteiger partial charge in [-0.3, -0.25) is 0 Å². The average molecular weight is 177 g/mol. The Labute approximate surface area is 77.2 Å². The Bertz CT molecular complexity index is 330. The lowest BCUT2D eigenvalue weighted by atomic mass is 10.3. The molecule has 1 aromatic heterocycles. The maximum absolute atomic E-state index is 8.62. The van der Waals surface area contributed by atoms with Crippen LogP contribution in [-0.2, 0) is 0 Å². The second kappa shape index (κ2) is 4.41. The number of hydrogen-bond acceptors (Lipinski definition) is 4. The van der Waals surface area contributed by atoms with Crippen LogP contribution in [0.25, 0.3) is 0 Å². The maximum atomic E-state index is 8.62. The zero-order chi connectivity index (χ0) is 9.68. The molecule has 0 spiro atoms. The van der Waals surface area contributed by atoms with E-state index in [2.05, 4.69) is 9.97 Å². The summed E-state index contributed by atoms with van der Waals surface area (Å²) in [6, 6.07) is 3.87. The molecule has 4 heteroatoms. The number of hydrogen-bond donors (Lipinski definition) is 0. The Morgan fingerprint density at radius 3 is 2.92 bits per heavy atom. The minimum absolute atomic E-state index is 0.290. The molecule has 0 atom stereocenters. The summed E-state index contributed by atoms with van der Waals surface area (Å²) in [6.45, 7) is 4.39. The molecule has 0 aliphatic carbocycles. The number of nitrogens with zero attached hydrogens (tertiary/aromatic N) is 3. The maximum Gasteiger partial charge on any atom is 0.317 e. The van der Waals surface area contributed by atoms with E-state index in [1.54, 1.807) is 13.0 Å². The molecule has 0 aliphatic rings. The summed E-state index contributed by atoms with van der Waals surface area (Å²) in [5.74, 6) is 0. The van der Waals surface area contributed by atoms with Gasteiger partial charge in [0, 0.05) is 5.69 Å². The van der Waals surface area contributed by atoms with Crippen LogP contribution in [0, 0.1) is 18.3 Å². The Morgan fingerprint density at radius 2 is 2.31 bits per heavy atom. The standard InChI is InChI=1S/C9H11N3O/c1-3-4-13-9-11-7(2)5-8(6-10)12-9/h5H,3-4H2,1-2H3. The quantitative estimate of drug-likeness (QED) is 0.701. The third-order valence-corrected chi connectivity index (χ3v) is 1.38. The van der Waals surface area contributed by atoms with Crippen LogP contribution in [0.4, 0.5) is 0 Å². The molecule has 4 nitrogen and oxygen atoms in total. The summed E-state index contributed by atoms with van der Waals surface area (Å²) in [4.78, 5) is 7.93. The number of rotatable bonds is 3. The molecular weight excluding hydrogens is 166 g/mol. The van der Waals surface area contributed by atoms with Gasteiger partial charge in [0.25, 0.3) is 0 Å².